The van der Waals surface area contributed by atoms with Crippen molar-refractivity contribution in [2.75, 3.05) is 0 Å². The highest BCUT2D eigenvalue weighted by Crippen LogP contribution is 2.57. The van der Waals surface area contributed by atoms with Crippen LogP contribution in [0.1, 0.15) is 81.1 Å². The highest BCUT2D eigenvalue weighted by Gasteiger charge is 2.39. The van der Waals surface area contributed by atoms with Gasteiger partial charge in [-0.25, -0.2) is 0 Å². The maximum atomic E-state index is 6.70. The molecule has 3 rings (SSSR count). The van der Waals surface area contributed by atoms with Gasteiger partial charge in [-0.05, 0) is 64.6 Å². The van der Waals surface area contributed by atoms with E-state index < -0.39 is 7.73 Å². The van der Waals surface area contributed by atoms with Crippen LogP contribution in [0.5, 0.6) is 0 Å². The predicted molar refractivity (Wildman–Crippen MR) is 126 cm³/mol. The zero-order valence-corrected chi connectivity index (χ0v) is 20.9. The van der Waals surface area contributed by atoms with Gasteiger partial charge < -0.3 is 4.52 Å². The quantitative estimate of drug-likeness (QED) is 0.404. The van der Waals surface area contributed by atoms with Crippen molar-refractivity contribution in [3.05, 3.63) is 57.4 Å². The second-order valence-corrected chi connectivity index (χ2v) is 11.9. The first-order valence-corrected chi connectivity index (χ1v) is 12.9. The Hall–Kier alpha value is -0.820. The molecule has 1 heterocycles. The Morgan fingerprint density at radius 2 is 1.66 bits per heavy atom. The second-order valence-electron chi connectivity index (χ2n) is 10.3. The van der Waals surface area contributed by atoms with Crippen molar-refractivity contribution in [2.24, 2.45) is 10.8 Å². The molecule has 160 valence electrons. The molecule has 4 heteroatoms. The van der Waals surface area contributed by atoms with Gasteiger partial charge in [0.05, 0.1) is 0 Å². The molecule has 2 nitrogen and oxygen atoms in total. The number of fused-ring (bicyclic) bond motifs is 2. The molecule has 2 unspecified atom stereocenters. The van der Waals surface area contributed by atoms with Crippen LogP contribution in [0.4, 0.5) is 0 Å². The summed E-state index contributed by atoms with van der Waals surface area (Å²) in [6.07, 6.45) is 11.1. The van der Waals surface area contributed by atoms with Crippen LogP contribution in [0, 0.1) is 10.8 Å². The van der Waals surface area contributed by atoms with Crippen LogP contribution in [0.2, 0.25) is 0 Å². The van der Waals surface area contributed by atoms with Crippen LogP contribution in [0.15, 0.2) is 57.4 Å². The zero-order chi connectivity index (χ0) is 21.6. The fraction of sp³-hybridized carbons (Fsp3) is 0.600. The van der Waals surface area contributed by atoms with Gasteiger partial charge in [-0.1, -0.05) is 79.2 Å². The minimum Gasteiger partial charge on any atom is -0.439 e. The van der Waals surface area contributed by atoms with Gasteiger partial charge >= 0.3 is 7.73 Å². The predicted octanol–water partition coefficient (Wildman–Crippen LogP) is 8.92. The van der Waals surface area contributed by atoms with Crippen LogP contribution < -0.4 is 0 Å². The summed E-state index contributed by atoms with van der Waals surface area (Å²) in [5.74, 6) is 0.962. The SMILES string of the molecule is CCC1=C/C2=C3\CCC(CC)=CC3=C(C(C)(C)C)OP(Cl)OC2C(C(C)(C)C)=C1. The molecule has 0 aromatic carbocycles. The van der Waals surface area contributed by atoms with E-state index >= 15 is 0 Å². The van der Waals surface area contributed by atoms with Gasteiger partial charge in [0.2, 0.25) is 0 Å². The minimum atomic E-state index is -1.54. The van der Waals surface area contributed by atoms with Crippen LogP contribution in [-0.2, 0) is 9.05 Å². The van der Waals surface area contributed by atoms with E-state index in [0.29, 0.717) is 0 Å². The largest absolute Gasteiger partial charge is 0.439 e. The monoisotopic (exact) mass is 434 g/mol. The molecule has 0 spiro atoms. The van der Waals surface area contributed by atoms with E-state index in [1.54, 1.807) is 0 Å². The lowest BCUT2D eigenvalue weighted by molar-refractivity contribution is 0.213. The number of halogens is 1. The molecule has 29 heavy (non-hydrogen) atoms. The van der Waals surface area contributed by atoms with Crippen molar-refractivity contribution in [1.29, 1.82) is 0 Å². The van der Waals surface area contributed by atoms with Gasteiger partial charge in [0.15, 0.2) is 0 Å². The van der Waals surface area contributed by atoms with E-state index in [9.17, 15) is 0 Å². The van der Waals surface area contributed by atoms with E-state index in [1.165, 1.54) is 33.4 Å². The molecule has 1 aliphatic heterocycles. The molecule has 0 saturated carbocycles. The average molecular weight is 435 g/mol. The van der Waals surface area contributed by atoms with E-state index in [1.807, 2.05) is 0 Å². The number of allylic oxidation sites excluding steroid dienone is 7. The average Bonchev–Trinajstić information content (AvgIpc) is 2.62. The zero-order valence-electron chi connectivity index (χ0n) is 19.3. The van der Waals surface area contributed by atoms with Gasteiger partial charge in [-0.15, -0.1) is 0 Å². The van der Waals surface area contributed by atoms with Gasteiger partial charge in [-0.3, -0.25) is 4.52 Å². The van der Waals surface area contributed by atoms with Crippen molar-refractivity contribution in [3.8, 4) is 0 Å². The van der Waals surface area contributed by atoms with E-state index in [0.717, 1.165) is 31.4 Å². The maximum absolute atomic E-state index is 6.70. The topological polar surface area (TPSA) is 18.5 Å². The molecule has 2 aliphatic carbocycles. The minimum absolute atomic E-state index is 0.00671. The normalized spacial score (nSPS) is 28.4. The van der Waals surface area contributed by atoms with Gasteiger partial charge in [0.25, 0.3) is 0 Å². The van der Waals surface area contributed by atoms with Crippen LogP contribution in [0.3, 0.4) is 0 Å². The molecule has 0 bridgehead atoms. The summed E-state index contributed by atoms with van der Waals surface area (Å²) >= 11 is 6.70. The third-order valence-corrected chi connectivity index (χ3v) is 7.12. The van der Waals surface area contributed by atoms with Crippen LogP contribution >= 0.6 is 19.0 Å². The summed E-state index contributed by atoms with van der Waals surface area (Å²) in [6.45, 7) is 17.8. The molecule has 0 N–H and O–H groups in total. The lowest BCUT2D eigenvalue weighted by atomic mass is 9.73. The van der Waals surface area contributed by atoms with Crippen LogP contribution in [-0.4, -0.2) is 6.10 Å². The summed E-state index contributed by atoms with van der Waals surface area (Å²) in [7, 11) is -1.54. The van der Waals surface area contributed by atoms with Gasteiger partial charge in [0.1, 0.15) is 11.9 Å². The molecule has 0 fully saturated rings. The standard InChI is InChI=1S/C25H36ClO2P/c1-9-16-11-12-18-19-14-17(10-2)15-21(24(3,4)5)22(19)27-29(26)28-23(20(18)13-16)25(6,7)8/h13-15,22H,9-12H2,1-8H3/b19-18-,23-20?. The molecular formula is C25H36ClO2P. The number of hydrogen-bond acceptors (Lipinski definition) is 2. The highest BCUT2D eigenvalue weighted by atomic mass is 35.7. The first-order valence-electron chi connectivity index (χ1n) is 10.9. The third kappa shape index (κ3) is 4.76. The van der Waals surface area contributed by atoms with E-state index in [4.69, 9.17) is 20.3 Å². The fourth-order valence-corrected chi connectivity index (χ4v) is 5.66. The fourth-order valence-electron chi connectivity index (χ4n) is 4.26. The Morgan fingerprint density at radius 3 is 2.21 bits per heavy atom. The first kappa shape index (κ1) is 22.9. The Labute approximate surface area is 183 Å². The van der Waals surface area contributed by atoms with E-state index in [-0.39, 0.29) is 16.9 Å². The molecule has 0 aromatic heterocycles. The third-order valence-electron chi connectivity index (χ3n) is 5.97. The Balaban J connectivity index is 2.33. The summed E-state index contributed by atoms with van der Waals surface area (Å²) in [6, 6.07) is 0. The summed E-state index contributed by atoms with van der Waals surface area (Å²) < 4.78 is 12.8. The number of hydrogen-bond donors (Lipinski definition) is 0. The van der Waals surface area contributed by atoms with Gasteiger partial charge in [-0.2, -0.15) is 0 Å². The molecule has 2 atom stereocenters. The Morgan fingerprint density at radius 1 is 0.966 bits per heavy atom. The number of rotatable bonds is 2. The lowest BCUT2D eigenvalue weighted by Crippen LogP contribution is -2.30. The van der Waals surface area contributed by atoms with Crippen molar-refractivity contribution in [1.82, 2.24) is 0 Å². The first-order chi connectivity index (χ1) is 13.5. The van der Waals surface area contributed by atoms with Crippen molar-refractivity contribution in [2.45, 2.75) is 87.2 Å². The molecule has 0 amide bonds. The molecule has 3 aliphatic rings. The summed E-state index contributed by atoms with van der Waals surface area (Å²) in [4.78, 5) is 0. The Kier molecular flexibility index (Phi) is 6.60. The molecule has 0 aromatic rings. The van der Waals surface area contributed by atoms with Crippen molar-refractivity contribution >= 4 is 19.0 Å². The molecule has 0 radical (unpaired) electrons. The van der Waals surface area contributed by atoms with Gasteiger partial charge in [0, 0.05) is 11.0 Å². The van der Waals surface area contributed by atoms with Crippen molar-refractivity contribution < 1.29 is 9.05 Å². The maximum Gasteiger partial charge on any atom is 0.339 e. The summed E-state index contributed by atoms with van der Waals surface area (Å²) in [5.41, 5.74) is 7.88. The second kappa shape index (κ2) is 8.37. The Bertz CT molecular complexity index is 828. The van der Waals surface area contributed by atoms with Crippen molar-refractivity contribution in [3.63, 3.8) is 0 Å². The molecule has 0 saturated heterocycles. The van der Waals surface area contributed by atoms with Crippen LogP contribution in [0.25, 0.3) is 0 Å². The summed E-state index contributed by atoms with van der Waals surface area (Å²) in [5, 5.41) is 0. The molecular weight excluding hydrogens is 399 g/mol. The smallest absolute Gasteiger partial charge is 0.339 e. The highest BCUT2D eigenvalue weighted by molar-refractivity contribution is 7.76. The van der Waals surface area contributed by atoms with E-state index in [2.05, 4.69) is 73.6 Å². The lowest BCUT2D eigenvalue weighted by Gasteiger charge is -2.40.